The third-order valence-electron chi connectivity index (χ3n) is 2.42. The van der Waals surface area contributed by atoms with Gasteiger partial charge in [0, 0.05) is 0 Å². The molecule has 0 fully saturated rings. The molecule has 0 saturated heterocycles. The van der Waals surface area contributed by atoms with Gasteiger partial charge in [0.05, 0.1) is 0 Å². The molecule has 0 spiro atoms. The van der Waals surface area contributed by atoms with Gasteiger partial charge in [0.1, 0.15) is 5.41 Å². The maximum atomic E-state index is 11.1. The minimum atomic E-state index is -1.54. The van der Waals surface area contributed by atoms with E-state index in [1.807, 2.05) is 6.07 Å². The summed E-state index contributed by atoms with van der Waals surface area (Å²) >= 11 is 0. The van der Waals surface area contributed by atoms with Crippen LogP contribution in [-0.4, -0.2) is 17.0 Å². The van der Waals surface area contributed by atoms with Gasteiger partial charge in [-0.3, -0.25) is 9.59 Å². The van der Waals surface area contributed by atoms with Crippen LogP contribution in [0.4, 0.5) is 0 Å². The fourth-order valence-electron chi connectivity index (χ4n) is 1.27. The topological polar surface area (TPSA) is 80.4 Å². The van der Waals surface area contributed by atoms with Gasteiger partial charge in [0.2, 0.25) is 5.91 Å². The van der Waals surface area contributed by atoms with E-state index in [-0.39, 0.29) is 6.42 Å². The Labute approximate surface area is 87.7 Å². The van der Waals surface area contributed by atoms with Crippen molar-refractivity contribution in [3.8, 4) is 0 Å². The Hall–Kier alpha value is -1.84. The van der Waals surface area contributed by atoms with Gasteiger partial charge in [0.15, 0.2) is 0 Å². The van der Waals surface area contributed by atoms with Gasteiger partial charge in [-0.25, -0.2) is 0 Å². The largest absolute Gasteiger partial charge is 0.480 e. The van der Waals surface area contributed by atoms with E-state index in [4.69, 9.17) is 10.8 Å². The molecule has 1 atom stereocenters. The van der Waals surface area contributed by atoms with Crippen LogP contribution >= 0.6 is 0 Å². The summed E-state index contributed by atoms with van der Waals surface area (Å²) < 4.78 is 0. The molecule has 1 aromatic rings. The van der Waals surface area contributed by atoms with Crippen molar-refractivity contribution in [1.82, 2.24) is 0 Å². The lowest BCUT2D eigenvalue weighted by Gasteiger charge is -2.20. The number of benzene rings is 1. The highest BCUT2D eigenvalue weighted by atomic mass is 16.4. The summed E-state index contributed by atoms with van der Waals surface area (Å²) in [6, 6.07) is 8.94. The zero-order valence-electron chi connectivity index (χ0n) is 8.43. The van der Waals surface area contributed by atoms with Gasteiger partial charge in [-0.15, -0.1) is 0 Å². The highest BCUT2D eigenvalue weighted by molar-refractivity contribution is 6.00. The Morgan fingerprint density at radius 3 is 2.27 bits per heavy atom. The standard InChI is InChI=1S/C11H13NO3/c1-11(9(12)13,10(14)15)7-8-5-3-2-4-6-8/h2-6H,7H2,1H3,(H2,12,13)(H,14,15). The first-order chi connectivity index (χ1) is 6.97. The van der Waals surface area contributed by atoms with Crippen molar-refractivity contribution in [3.63, 3.8) is 0 Å². The number of aliphatic carboxylic acids is 1. The van der Waals surface area contributed by atoms with Gasteiger partial charge in [0.25, 0.3) is 0 Å². The highest BCUT2D eigenvalue weighted by Gasteiger charge is 2.39. The lowest BCUT2D eigenvalue weighted by molar-refractivity contribution is -0.153. The number of carboxylic acids is 1. The molecule has 4 nitrogen and oxygen atoms in total. The smallest absolute Gasteiger partial charge is 0.319 e. The molecule has 3 N–H and O–H groups in total. The number of hydrogen-bond donors (Lipinski definition) is 2. The van der Waals surface area contributed by atoms with Crippen molar-refractivity contribution in [3.05, 3.63) is 35.9 Å². The Morgan fingerprint density at radius 1 is 1.33 bits per heavy atom. The average molecular weight is 207 g/mol. The van der Waals surface area contributed by atoms with Crippen LogP contribution in [0.3, 0.4) is 0 Å². The van der Waals surface area contributed by atoms with Crippen LogP contribution in [0.25, 0.3) is 0 Å². The first-order valence-electron chi connectivity index (χ1n) is 4.54. The molecule has 1 unspecified atom stereocenters. The van der Waals surface area contributed by atoms with E-state index in [1.165, 1.54) is 6.92 Å². The molecular weight excluding hydrogens is 194 g/mol. The van der Waals surface area contributed by atoms with Crippen LogP contribution in [-0.2, 0) is 16.0 Å². The van der Waals surface area contributed by atoms with Crippen LogP contribution in [0.5, 0.6) is 0 Å². The number of hydrogen-bond acceptors (Lipinski definition) is 2. The van der Waals surface area contributed by atoms with Gasteiger partial charge in [-0.1, -0.05) is 30.3 Å². The predicted molar refractivity (Wildman–Crippen MR) is 55.1 cm³/mol. The molecule has 1 amide bonds. The summed E-state index contributed by atoms with van der Waals surface area (Å²) in [6.45, 7) is 1.34. The Balaban J connectivity index is 2.95. The van der Waals surface area contributed by atoms with Crippen molar-refractivity contribution >= 4 is 11.9 Å². The first kappa shape index (κ1) is 11.2. The van der Waals surface area contributed by atoms with E-state index >= 15 is 0 Å². The fraction of sp³-hybridized carbons (Fsp3) is 0.273. The van der Waals surface area contributed by atoms with Gasteiger partial charge < -0.3 is 10.8 Å². The third-order valence-corrected chi connectivity index (χ3v) is 2.42. The van der Waals surface area contributed by atoms with E-state index in [9.17, 15) is 9.59 Å². The zero-order valence-corrected chi connectivity index (χ0v) is 8.43. The number of amides is 1. The summed E-state index contributed by atoms with van der Waals surface area (Å²) in [5, 5.41) is 8.96. The van der Waals surface area contributed by atoms with E-state index < -0.39 is 17.3 Å². The Bertz CT molecular complexity index is 359. The molecule has 1 rings (SSSR count). The summed E-state index contributed by atoms with van der Waals surface area (Å²) in [5.74, 6) is -2.02. The molecule has 0 aliphatic heterocycles. The maximum Gasteiger partial charge on any atom is 0.319 e. The van der Waals surface area contributed by atoms with Crippen LogP contribution < -0.4 is 5.73 Å². The minimum absolute atomic E-state index is 0.110. The normalized spacial score (nSPS) is 14.2. The first-order valence-corrected chi connectivity index (χ1v) is 4.54. The zero-order chi connectivity index (χ0) is 11.5. The number of rotatable bonds is 4. The second kappa shape index (κ2) is 4.13. The molecule has 0 heterocycles. The number of carboxylic acid groups (broad SMARTS) is 1. The lowest BCUT2D eigenvalue weighted by atomic mass is 9.83. The lowest BCUT2D eigenvalue weighted by Crippen LogP contribution is -2.43. The molecule has 0 aromatic heterocycles. The summed E-state index contributed by atoms with van der Waals surface area (Å²) in [4.78, 5) is 22.1. The monoisotopic (exact) mass is 207 g/mol. The minimum Gasteiger partial charge on any atom is -0.480 e. The molecule has 0 aliphatic rings. The van der Waals surface area contributed by atoms with Crippen molar-refractivity contribution in [2.24, 2.45) is 11.1 Å². The molecule has 0 bridgehead atoms. The van der Waals surface area contributed by atoms with Crippen molar-refractivity contribution in [1.29, 1.82) is 0 Å². The van der Waals surface area contributed by atoms with Gasteiger partial charge in [-0.2, -0.15) is 0 Å². The molecule has 4 heteroatoms. The molecule has 15 heavy (non-hydrogen) atoms. The molecule has 1 aromatic carbocycles. The molecule has 0 aliphatic carbocycles. The Morgan fingerprint density at radius 2 is 1.87 bits per heavy atom. The van der Waals surface area contributed by atoms with Gasteiger partial charge in [-0.05, 0) is 18.9 Å². The number of nitrogens with two attached hydrogens (primary N) is 1. The highest BCUT2D eigenvalue weighted by Crippen LogP contribution is 2.22. The van der Waals surface area contributed by atoms with Crippen molar-refractivity contribution in [2.45, 2.75) is 13.3 Å². The van der Waals surface area contributed by atoms with Crippen LogP contribution in [0.15, 0.2) is 30.3 Å². The second-order valence-corrected chi connectivity index (χ2v) is 3.66. The quantitative estimate of drug-likeness (QED) is 0.717. The second-order valence-electron chi connectivity index (χ2n) is 3.66. The molecule has 0 radical (unpaired) electrons. The van der Waals surface area contributed by atoms with E-state index in [2.05, 4.69) is 0 Å². The maximum absolute atomic E-state index is 11.1. The number of primary amides is 1. The Kier molecular flexibility index (Phi) is 3.09. The van der Waals surface area contributed by atoms with Gasteiger partial charge >= 0.3 is 5.97 Å². The van der Waals surface area contributed by atoms with E-state index in [1.54, 1.807) is 24.3 Å². The fourth-order valence-corrected chi connectivity index (χ4v) is 1.27. The number of carbonyl (C=O) groups excluding carboxylic acids is 1. The van der Waals surface area contributed by atoms with Crippen LogP contribution in [0.2, 0.25) is 0 Å². The number of carbonyl (C=O) groups is 2. The van der Waals surface area contributed by atoms with E-state index in [0.717, 1.165) is 5.56 Å². The SMILES string of the molecule is CC(Cc1ccccc1)(C(N)=O)C(=O)O. The van der Waals surface area contributed by atoms with Crippen LogP contribution in [0, 0.1) is 5.41 Å². The third kappa shape index (κ3) is 2.34. The molecule has 0 saturated carbocycles. The summed E-state index contributed by atoms with van der Waals surface area (Å²) in [5.41, 5.74) is 4.34. The molecule has 80 valence electrons. The van der Waals surface area contributed by atoms with Crippen molar-refractivity contribution in [2.75, 3.05) is 0 Å². The summed E-state index contributed by atoms with van der Waals surface area (Å²) in [6.07, 6.45) is 0.110. The van der Waals surface area contributed by atoms with Crippen LogP contribution in [0.1, 0.15) is 12.5 Å². The average Bonchev–Trinajstić information content (AvgIpc) is 2.18. The molecular formula is C11H13NO3. The van der Waals surface area contributed by atoms with E-state index in [0.29, 0.717) is 0 Å². The summed E-state index contributed by atoms with van der Waals surface area (Å²) in [7, 11) is 0. The predicted octanol–water partition coefficient (Wildman–Crippen LogP) is 0.805. The van der Waals surface area contributed by atoms with Crippen molar-refractivity contribution < 1.29 is 14.7 Å².